The molecule has 6 heteroatoms. The third-order valence-electron chi connectivity index (χ3n) is 3.47. The predicted molar refractivity (Wildman–Crippen MR) is 85.8 cm³/mol. The summed E-state index contributed by atoms with van der Waals surface area (Å²) in [5, 5.41) is 4.56. The van der Waals surface area contributed by atoms with E-state index in [9.17, 15) is 4.79 Å². The van der Waals surface area contributed by atoms with Crippen LogP contribution < -0.4 is 4.74 Å². The Morgan fingerprint density at radius 3 is 2.64 bits per heavy atom. The first-order chi connectivity index (χ1) is 10.6. The molecule has 0 fully saturated rings. The molecule has 0 saturated carbocycles. The van der Waals surface area contributed by atoms with Crippen molar-refractivity contribution in [2.24, 2.45) is 0 Å². The third kappa shape index (κ3) is 2.57. The number of rotatable bonds is 4. The number of carbonyl (C=O) groups excluding carboxylic acids is 1. The largest absolute Gasteiger partial charge is 0.497 e. The van der Waals surface area contributed by atoms with Crippen molar-refractivity contribution >= 4 is 27.5 Å². The van der Waals surface area contributed by atoms with Gasteiger partial charge in [-0.15, -0.1) is 11.3 Å². The van der Waals surface area contributed by atoms with Gasteiger partial charge in [-0.1, -0.05) is 12.1 Å². The van der Waals surface area contributed by atoms with Crippen LogP contribution in [0.5, 0.6) is 5.75 Å². The van der Waals surface area contributed by atoms with Gasteiger partial charge < -0.3 is 9.47 Å². The number of hydrogen-bond acceptors (Lipinski definition) is 5. The lowest BCUT2D eigenvalue weighted by Crippen LogP contribution is -2.02. The van der Waals surface area contributed by atoms with E-state index in [0.29, 0.717) is 11.4 Å². The fourth-order valence-electron chi connectivity index (χ4n) is 2.34. The SMILES string of the molecule is COC(=O)c1cc2c(s1)c(C)nn2Cc1ccc(OC)cc1. The third-order valence-corrected chi connectivity index (χ3v) is 4.68. The molecule has 3 aromatic rings. The smallest absolute Gasteiger partial charge is 0.348 e. The van der Waals surface area contributed by atoms with E-state index in [1.54, 1.807) is 7.11 Å². The molecule has 22 heavy (non-hydrogen) atoms. The molecule has 1 aromatic carbocycles. The zero-order valence-electron chi connectivity index (χ0n) is 12.6. The molecule has 0 aliphatic rings. The molecule has 0 atom stereocenters. The van der Waals surface area contributed by atoms with Crippen molar-refractivity contribution in [2.45, 2.75) is 13.5 Å². The van der Waals surface area contributed by atoms with Gasteiger partial charge in [0.05, 0.1) is 36.7 Å². The standard InChI is InChI=1S/C16H16N2O3S/c1-10-15-13(8-14(22-15)16(19)21-3)18(17-10)9-11-4-6-12(20-2)7-5-11/h4-8H,9H2,1-3H3. The maximum atomic E-state index is 11.7. The maximum absolute atomic E-state index is 11.7. The van der Waals surface area contributed by atoms with Crippen molar-refractivity contribution < 1.29 is 14.3 Å². The monoisotopic (exact) mass is 316 g/mol. The minimum atomic E-state index is -0.309. The molecule has 0 saturated heterocycles. The number of carbonyl (C=O) groups is 1. The zero-order valence-corrected chi connectivity index (χ0v) is 13.4. The van der Waals surface area contributed by atoms with Gasteiger partial charge in [0.15, 0.2) is 0 Å². The number of aromatic nitrogens is 2. The number of nitrogens with zero attached hydrogens (tertiary/aromatic N) is 2. The summed E-state index contributed by atoms with van der Waals surface area (Å²) in [6.07, 6.45) is 0. The second-order valence-corrected chi connectivity index (χ2v) is 5.96. The molecular formula is C16H16N2O3S. The van der Waals surface area contributed by atoms with Gasteiger partial charge in [0.2, 0.25) is 0 Å². The molecule has 3 rings (SSSR count). The number of benzene rings is 1. The van der Waals surface area contributed by atoms with Gasteiger partial charge in [0, 0.05) is 0 Å². The van der Waals surface area contributed by atoms with Crippen LogP contribution in [0, 0.1) is 6.92 Å². The van der Waals surface area contributed by atoms with Crippen LogP contribution in [-0.4, -0.2) is 30.0 Å². The van der Waals surface area contributed by atoms with Gasteiger partial charge in [-0.2, -0.15) is 5.10 Å². The number of thiophene rings is 1. The summed E-state index contributed by atoms with van der Waals surface area (Å²) >= 11 is 1.42. The zero-order chi connectivity index (χ0) is 15.7. The van der Waals surface area contributed by atoms with Gasteiger partial charge in [0.1, 0.15) is 10.6 Å². The van der Waals surface area contributed by atoms with Crippen LogP contribution in [0.1, 0.15) is 20.9 Å². The number of hydrogen-bond donors (Lipinski definition) is 0. The van der Waals surface area contributed by atoms with Gasteiger partial charge in [-0.3, -0.25) is 4.68 Å². The molecule has 0 aliphatic heterocycles. The average Bonchev–Trinajstić information content (AvgIpc) is 3.09. The summed E-state index contributed by atoms with van der Waals surface area (Å²) in [6.45, 7) is 2.59. The van der Waals surface area contributed by atoms with Crippen LogP contribution in [0.3, 0.4) is 0 Å². The van der Waals surface area contributed by atoms with Gasteiger partial charge in [-0.05, 0) is 30.7 Å². The van der Waals surface area contributed by atoms with Gasteiger partial charge in [-0.25, -0.2) is 4.79 Å². The number of aryl methyl sites for hydroxylation is 1. The Morgan fingerprint density at radius 2 is 2.00 bits per heavy atom. The van der Waals surface area contributed by atoms with E-state index < -0.39 is 0 Å². The molecule has 0 aliphatic carbocycles. The van der Waals surface area contributed by atoms with E-state index >= 15 is 0 Å². The van der Waals surface area contributed by atoms with E-state index in [1.165, 1.54) is 18.4 Å². The lowest BCUT2D eigenvalue weighted by atomic mass is 10.2. The Balaban J connectivity index is 1.95. The summed E-state index contributed by atoms with van der Waals surface area (Å²) in [6, 6.07) is 9.71. The van der Waals surface area contributed by atoms with E-state index in [2.05, 4.69) is 5.10 Å². The molecule has 2 aromatic heterocycles. The topological polar surface area (TPSA) is 53.3 Å². The molecule has 0 N–H and O–H groups in total. The van der Waals surface area contributed by atoms with Crippen molar-refractivity contribution in [3.63, 3.8) is 0 Å². The Morgan fingerprint density at radius 1 is 1.27 bits per heavy atom. The summed E-state index contributed by atoms with van der Waals surface area (Å²) in [4.78, 5) is 12.3. The van der Waals surface area contributed by atoms with Crippen LogP contribution >= 0.6 is 11.3 Å². The Kier molecular flexibility index (Phi) is 3.85. The fourth-order valence-corrected chi connectivity index (χ4v) is 3.35. The Labute approximate surface area is 132 Å². The van der Waals surface area contributed by atoms with E-state index in [1.807, 2.05) is 41.9 Å². The first-order valence-electron chi connectivity index (χ1n) is 6.80. The number of fused-ring (bicyclic) bond motifs is 1. The average molecular weight is 316 g/mol. The highest BCUT2D eigenvalue weighted by atomic mass is 32.1. The normalized spacial score (nSPS) is 10.9. The molecular weight excluding hydrogens is 300 g/mol. The molecule has 0 radical (unpaired) electrons. The predicted octanol–water partition coefficient (Wildman–Crippen LogP) is 3.25. The van der Waals surface area contributed by atoms with Crippen molar-refractivity contribution in [1.82, 2.24) is 9.78 Å². The molecule has 114 valence electrons. The number of methoxy groups -OCH3 is 2. The van der Waals surface area contributed by atoms with E-state index in [0.717, 1.165) is 27.2 Å². The van der Waals surface area contributed by atoms with E-state index in [4.69, 9.17) is 9.47 Å². The second kappa shape index (κ2) is 5.81. The van der Waals surface area contributed by atoms with Crippen molar-refractivity contribution in [3.8, 4) is 5.75 Å². The molecule has 2 heterocycles. The van der Waals surface area contributed by atoms with Crippen LogP contribution in [0.25, 0.3) is 10.2 Å². The van der Waals surface area contributed by atoms with Crippen molar-refractivity contribution in [1.29, 1.82) is 0 Å². The highest BCUT2D eigenvalue weighted by Crippen LogP contribution is 2.29. The number of ether oxygens (including phenoxy) is 2. The van der Waals surface area contributed by atoms with Crippen LogP contribution in [-0.2, 0) is 11.3 Å². The first-order valence-corrected chi connectivity index (χ1v) is 7.62. The molecule has 0 amide bonds. The molecule has 0 bridgehead atoms. The lowest BCUT2D eigenvalue weighted by Gasteiger charge is -2.04. The quantitative estimate of drug-likeness (QED) is 0.693. The molecule has 5 nitrogen and oxygen atoms in total. The Bertz CT molecular complexity index is 818. The highest BCUT2D eigenvalue weighted by Gasteiger charge is 2.16. The summed E-state index contributed by atoms with van der Waals surface area (Å²) in [7, 11) is 3.04. The second-order valence-electron chi connectivity index (χ2n) is 4.91. The minimum absolute atomic E-state index is 0.309. The summed E-state index contributed by atoms with van der Waals surface area (Å²) < 4.78 is 12.9. The van der Waals surface area contributed by atoms with Crippen LogP contribution in [0.2, 0.25) is 0 Å². The molecule has 0 unspecified atom stereocenters. The minimum Gasteiger partial charge on any atom is -0.497 e. The van der Waals surface area contributed by atoms with Crippen molar-refractivity contribution in [3.05, 3.63) is 46.5 Å². The van der Waals surface area contributed by atoms with Gasteiger partial charge >= 0.3 is 5.97 Å². The fraction of sp³-hybridized carbons (Fsp3) is 0.250. The molecule has 0 spiro atoms. The van der Waals surface area contributed by atoms with Crippen LogP contribution in [0.4, 0.5) is 0 Å². The summed E-state index contributed by atoms with van der Waals surface area (Å²) in [5.74, 6) is 0.519. The number of esters is 1. The maximum Gasteiger partial charge on any atom is 0.348 e. The van der Waals surface area contributed by atoms with E-state index in [-0.39, 0.29) is 5.97 Å². The summed E-state index contributed by atoms with van der Waals surface area (Å²) in [5.41, 5.74) is 3.00. The van der Waals surface area contributed by atoms with Crippen molar-refractivity contribution in [2.75, 3.05) is 14.2 Å². The van der Waals surface area contributed by atoms with Gasteiger partial charge in [0.25, 0.3) is 0 Å². The lowest BCUT2D eigenvalue weighted by molar-refractivity contribution is 0.0606. The highest BCUT2D eigenvalue weighted by molar-refractivity contribution is 7.20. The first kappa shape index (κ1) is 14.6. The van der Waals surface area contributed by atoms with Crippen LogP contribution in [0.15, 0.2) is 30.3 Å². The Hall–Kier alpha value is -2.34.